The number of amides is 3. The second-order valence-electron chi connectivity index (χ2n) is 5.01. The van der Waals surface area contributed by atoms with E-state index in [1.807, 2.05) is 30.3 Å². The van der Waals surface area contributed by atoms with E-state index in [4.69, 9.17) is 5.73 Å². The molecule has 1 aromatic carbocycles. The van der Waals surface area contributed by atoms with Crippen molar-refractivity contribution >= 4 is 17.7 Å². The quantitative estimate of drug-likeness (QED) is 0.739. The largest absolute Gasteiger partial charge is 0.354 e. The summed E-state index contributed by atoms with van der Waals surface area (Å²) in [6, 6.07) is 9.02. The Bertz CT molecular complexity index is 514. The molecule has 21 heavy (non-hydrogen) atoms. The van der Waals surface area contributed by atoms with Crippen molar-refractivity contribution in [1.82, 2.24) is 10.2 Å². The van der Waals surface area contributed by atoms with Gasteiger partial charge in [-0.05, 0) is 5.56 Å². The number of hydrogen-bond donors (Lipinski definition) is 2. The van der Waals surface area contributed by atoms with E-state index in [0.717, 1.165) is 5.56 Å². The van der Waals surface area contributed by atoms with Gasteiger partial charge in [-0.2, -0.15) is 0 Å². The van der Waals surface area contributed by atoms with Crippen molar-refractivity contribution in [2.75, 3.05) is 13.1 Å². The predicted molar refractivity (Wildman–Crippen MR) is 77.0 cm³/mol. The maximum atomic E-state index is 11.8. The molecule has 1 atom stereocenters. The maximum Gasteiger partial charge on any atom is 0.229 e. The molecule has 1 heterocycles. The zero-order valence-electron chi connectivity index (χ0n) is 11.7. The van der Waals surface area contributed by atoms with Gasteiger partial charge in [0.15, 0.2) is 0 Å². The third kappa shape index (κ3) is 4.13. The van der Waals surface area contributed by atoms with E-state index in [-0.39, 0.29) is 56.1 Å². The number of carbonyl (C=O) groups excluding carboxylic acids is 3. The monoisotopic (exact) mass is 289 g/mol. The number of nitrogens with one attached hydrogen (secondary N) is 1. The van der Waals surface area contributed by atoms with Gasteiger partial charge in [0.05, 0.1) is 0 Å². The van der Waals surface area contributed by atoms with Gasteiger partial charge >= 0.3 is 0 Å². The van der Waals surface area contributed by atoms with Crippen molar-refractivity contribution in [3.63, 3.8) is 0 Å². The summed E-state index contributed by atoms with van der Waals surface area (Å²) in [7, 11) is 0. The highest BCUT2D eigenvalue weighted by molar-refractivity contribution is 6.01. The van der Waals surface area contributed by atoms with Gasteiger partial charge in [-0.3, -0.25) is 19.3 Å². The summed E-state index contributed by atoms with van der Waals surface area (Å²) in [5.74, 6) is -0.532. The van der Waals surface area contributed by atoms with E-state index >= 15 is 0 Å². The Morgan fingerprint density at radius 2 is 1.81 bits per heavy atom. The van der Waals surface area contributed by atoms with Crippen molar-refractivity contribution in [2.24, 2.45) is 5.73 Å². The zero-order valence-corrected chi connectivity index (χ0v) is 11.7. The van der Waals surface area contributed by atoms with Gasteiger partial charge in [-0.1, -0.05) is 30.3 Å². The zero-order chi connectivity index (χ0) is 15.2. The first-order valence-corrected chi connectivity index (χ1v) is 6.98. The van der Waals surface area contributed by atoms with E-state index < -0.39 is 0 Å². The highest BCUT2D eigenvalue weighted by Gasteiger charge is 2.28. The van der Waals surface area contributed by atoms with Crippen LogP contribution in [-0.2, 0) is 14.4 Å². The molecule has 0 bridgehead atoms. The molecule has 0 aliphatic carbocycles. The molecule has 2 rings (SSSR count). The fourth-order valence-electron chi connectivity index (χ4n) is 2.27. The summed E-state index contributed by atoms with van der Waals surface area (Å²) in [5.41, 5.74) is 6.85. The van der Waals surface area contributed by atoms with Crippen LogP contribution in [0.15, 0.2) is 30.3 Å². The Hall–Kier alpha value is -2.21. The summed E-state index contributed by atoms with van der Waals surface area (Å²) in [6.07, 6.45) is 0.712. The molecular formula is C15H19N3O3. The fourth-order valence-corrected chi connectivity index (χ4v) is 2.27. The number of benzene rings is 1. The second-order valence-corrected chi connectivity index (χ2v) is 5.01. The van der Waals surface area contributed by atoms with Gasteiger partial charge in [0.25, 0.3) is 0 Å². The molecule has 0 saturated carbocycles. The Balaban J connectivity index is 1.73. The van der Waals surface area contributed by atoms with E-state index in [1.54, 1.807) is 0 Å². The summed E-state index contributed by atoms with van der Waals surface area (Å²) in [6.45, 7) is 0.488. The fraction of sp³-hybridized carbons (Fsp3) is 0.400. The summed E-state index contributed by atoms with van der Waals surface area (Å²) >= 11 is 0. The number of nitrogens with two attached hydrogens (primary N) is 1. The van der Waals surface area contributed by atoms with Crippen LogP contribution in [0, 0.1) is 0 Å². The van der Waals surface area contributed by atoms with E-state index in [1.165, 1.54) is 4.90 Å². The minimum absolute atomic E-state index is 0.171. The standard InChI is InChI=1S/C15H19N3O3/c16-12(11-4-2-1-3-5-11)10-13(19)17-8-9-18-14(20)6-7-15(18)21/h1-5,12H,6-10,16H2,(H,17,19). The van der Waals surface area contributed by atoms with Crippen LogP contribution in [0.25, 0.3) is 0 Å². The number of hydrogen-bond acceptors (Lipinski definition) is 4. The number of nitrogens with zero attached hydrogens (tertiary/aromatic N) is 1. The number of carbonyl (C=O) groups is 3. The van der Waals surface area contributed by atoms with Crippen molar-refractivity contribution in [2.45, 2.75) is 25.3 Å². The number of likely N-dealkylation sites (tertiary alicyclic amines) is 1. The molecule has 1 saturated heterocycles. The molecule has 0 spiro atoms. The predicted octanol–water partition coefficient (Wildman–Crippen LogP) is 0.342. The van der Waals surface area contributed by atoms with Crippen molar-refractivity contribution < 1.29 is 14.4 Å². The molecule has 3 N–H and O–H groups in total. The van der Waals surface area contributed by atoms with Gasteiger partial charge in [-0.15, -0.1) is 0 Å². The average Bonchev–Trinajstić information content (AvgIpc) is 2.80. The lowest BCUT2D eigenvalue weighted by Gasteiger charge is -2.15. The van der Waals surface area contributed by atoms with Crippen molar-refractivity contribution in [3.8, 4) is 0 Å². The molecule has 1 unspecified atom stereocenters. The van der Waals surface area contributed by atoms with Gasteiger partial charge in [0.2, 0.25) is 17.7 Å². The van der Waals surface area contributed by atoms with Crippen LogP contribution in [0.3, 0.4) is 0 Å². The second kappa shape index (κ2) is 6.99. The molecule has 0 radical (unpaired) electrons. The molecule has 1 aromatic rings. The molecule has 6 nitrogen and oxygen atoms in total. The number of imide groups is 1. The van der Waals surface area contributed by atoms with Crippen molar-refractivity contribution in [3.05, 3.63) is 35.9 Å². The van der Waals surface area contributed by atoms with Crippen LogP contribution < -0.4 is 11.1 Å². The molecule has 6 heteroatoms. The third-order valence-electron chi connectivity index (χ3n) is 3.45. The molecule has 3 amide bonds. The Kier molecular flexibility index (Phi) is 5.05. The molecule has 1 fully saturated rings. The minimum atomic E-state index is -0.360. The average molecular weight is 289 g/mol. The minimum Gasteiger partial charge on any atom is -0.354 e. The molecule has 1 aliphatic rings. The highest BCUT2D eigenvalue weighted by atomic mass is 16.2. The first-order chi connectivity index (χ1) is 10.1. The smallest absolute Gasteiger partial charge is 0.229 e. The summed E-state index contributed by atoms with van der Waals surface area (Å²) in [4.78, 5) is 35.8. The van der Waals surface area contributed by atoms with Crippen LogP contribution in [0.1, 0.15) is 30.9 Å². The Labute approximate surface area is 123 Å². The van der Waals surface area contributed by atoms with E-state index in [0.29, 0.717) is 0 Å². The summed E-state index contributed by atoms with van der Waals surface area (Å²) < 4.78 is 0. The van der Waals surface area contributed by atoms with Gasteiger partial charge in [0, 0.05) is 38.4 Å². The number of rotatable bonds is 6. The lowest BCUT2D eigenvalue weighted by molar-refractivity contribution is -0.138. The normalized spacial score (nSPS) is 16.1. The van der Waals surface area contributed by atoms with Crippen molar-refractivity contribution in [1.29, 1.82) is 0 Å². The van der Waals surface area contributed by atoms with Gasteiger partial charge in [0.1, 0.15) is 0 Å². The van der Waals surface area contributed by atoms with E-state index in [9.17, 15) is 14.4 Å². The summed E-state index contributed by atoms with van der Waals surface area (Å²) in [5, 5.41) is 2.69. The van der Waals surface area contributed by atoms with E-state index in [2.05, 4.69) is 5.32 Å². The topological polar surface area (TPSA) is 92.5 Å². The van der Waals surface area contributed by atoms with Crippen LogP contribution in [0.4, 0.5) is 0 Å². The molecule has 0 aromatic heterocycles. The first kappa shape index (κ1) is 15.2. The third-order valence-corrected chi connectivity index (χ3v) is 3.45. The molecule has 112 valence electrons. The lowest BCUT2D eigenvalue weighted by atomic mass is 10.0. The first-order valence-electron chi connectivity index (χ1n) is 6.98. The van der Waals surface area contributed by atoms with Gasteiger partial charge in [-0.25, -0.2) is 0 Å². The Morgan fingerprint density at radius 3 is 2.43 bits per heavy atom. The highest BCUT2D eigenvalue weighted by Crippen LogP contribution is 2.13. The Morgan fingerprint density at radius 1 is 1.19 bits per heavy atom. The molecular weight excluding hydrogens is 270 g/mol. The lowest BCUT2D eigenvalue weighted by Crippen LogP contribution is -2.38. The van der Waals surface area contributed by atoms with Crippen LogP contribution in [0.2, 0.25) is 0 Å². The van der Waals surface area contributed by atoms with Crippen LogP contribution >= 0.6 is 0 Å². The maximum absolute atomic E-state index is 11.8. The van der Waals surface area contributed by atoms with Crippen LogP contribution in [0.5, 0.6) is 0 Å². The SMILES string of the molecule is NC(CC(=O)NCCN1C(=O)CCC1=O)c1ccccc1. The van der Waals surface area contributed by atoms with Gasteiger partial charge < -0.3 is 11.1 Å². The molecule has 1 aliphatic heterocycles. The van der Waals surface area contributed by atoms with Crippen LogP contribution in [-0.4, -0.2) is 35.7 Å².